The van der Waals surface area contributed by atoms with Crippen LogP contribution in [0.5, 0.6) is 0 Å². The molecule has 1 N–H and O–H groups in total. The number of nitrogens with zero attached hydrogens (tertiary/aromatic N) is 2. The molecule has 0 spiro atoms. The van der Waals surface area contributed by atoms with Gasteiger partial charge in [-0.1, -0.05) is 23.8 Å². The fourth-order valence-corrected chi connectivity index (χ4v) is 3.48. The number of thiocarbonyl (C=S) groups is 1. The second-order valence-electron chi connectivity index (χ2n) is 7.08. The van der Waals surface area contributed by atoms with Crippen LogP contribution in [-0.4, -0.2) is 33.1 Å². The molecule has 4 nitrogen and oxygen atoms in total. The molecule has 0 unspecified atom stereocenters. The van der Waals surface area contributed by atoms with E-state index in [0.29, 0.717) is 6.07 Å². The van der Waals surface area contributed by atoms with Crippen molar-refractivity contribution in [3.63, 3.8) is 0 Å². The van der Waals surface area contributed by atoms with Crippen LogP contribution >= 0.6 is 23.8 Å². The topological polar surface area (TPSA) is 47.0 Å². The molecule has 28 heavy (non-hydrogen) atoms. The molecule has 1 atom stereocenters. The van der Waals surface area contributed by atoms with Crippen molar-refractivity contribution in [2.75, 3.05) is 6.61 Å². The highest BCUT2D eigenvalue weighted by Crippen LogP contribution is 2.48. The first-order valence-corrected chi connectivity index (χ1v) is 8.98. The summed E-state index contributed by atoms with van der Waals surface area (Å²) in [5, 5.41) is 2.71. The highest BCUT2D eigenvalue weighted by Gasteiger charge is 2.64. The van der Waals surface area contributed by atoms with Gasteiger partial charge < -0.3 is 10.1 Å². The van der Waals surface area contributed by atoms with Gasteiger partial charge in [-0.05, 0) is 26.8 Å². The normalized spacial score (nSPS) is 23.8. The Kier molecular flexibility index (Phi) is 5.14. The van der Waals surface area contributed by atoms with Crippen LogP contribution in [0, 0.1) is 11.6 Å². The Balaban J connectivity index is 2.24. The van der Waals surface area contributed by atoms with Crippen molar-refractivity contribution in [3.05, 3.63) is 46.7 Å². The van der Waals surface area contributed by atoms with Gasteiger partial charge in [0.1, 0.15) is 27.8 Å². The zero-order valence-corrected chi connectivity index (χ0v) is 16.7. The average Bonchev–Trinajstić information content (AvgIpc) is 2.65. The summed E-state index contributed by atoms with van der Waals surface area (Å²) in [5.41, 5.74) is -5.04. The second-order valence-corrected chi connectivity index (χ2v) is 8.01. The van der Waals surface area contributed by atoms with Crippen LogP contribution in [0.15, 0.2) is 24.5 Å². The number of ether oxygens (including phenoxy) is 1. The van der Waals surface area contributed by atoms with Crippen LogP contribution in [0.1, 0.15) is 26.3 Å². The number of aromatic nitrogens is 2. The summed E-state index contributed by atoms with van der Waals surface area (Å²) in [6.07, 6.45) is 2.44. The van der Waals surface area contributed by atoms with Gasteiger partial charge >= 0.3 is 5.92 Å². The summed E-state index contributed by atoms with van der Waals surface area (Å²) in [7, 11) is 0. The summed E-state index contributed by atoms with van der Waals surface area (Å²) < 4.78 is 65.3. The molecule has 1 saturated heterocycles. The number of benzene rings is 1. The largest absolute Gasteiger partial charge is 0.363 e. The number of alkyl halides is 2. The van der Waals surface area contributed by atoms with E-state index in [1.807, 2.05) is 0 Å². The van der Waals surface area contributed by atoms with Gasteiger partial charge in [0.15, 0.2) is 5.82 Å². The second kappa shape index (κ2) is 6.89. The Bertz CT molecular complexity index is 939. The Morgan fingerprint density at radius 3 is 2.32 bits per heavy atom. The minimum atomic E-state index is -3.63. The Hall–Kier alpha value is -1.84. The quantitative estimate of drug-likeness (QED) is 0.551. The Morgan fingerprint density at radius 2 is 1.71 bits per heavy atom. The Labute approximate surface area is 169 Å². The maximum Gasteiger partial charge on any atom is 0.302 e. The molecule has 3 rings (SSSR count). The molecule has 2 aromatic rings. The third-order valence-corrected chi connectivity index (χ3v) is 5.21. The minimum Gasteiger partial charge on any atom is -0.363 e. The lowest BCUT2D eigenvalue weighted by molar-refractivity contribution is -0.216. The molecular weight excluding hydrogens is 418 g/mol. The van der Waals surface area contributed by atoms with E-state index in [1.54, 1.807) is 0 Å². The fourth-order valence-electron chi connectivity index (χ4n) is 3.12. The van der Waals surface area contributed by atoms with Crippen molar-refractivity contribution in [2.24, 2.45) is 0 Å². The lowest BCUT2D eigenvalue weighted by Gasteiger charge is -2.44. The third kappa shape index (κ3) is 3.25. The maximum atomic E-state index is 15.5. The molecule has 1 fully saturated rings. The SMILES string of the molecule is CC1(C)OCC(=S)N[C@](C)(c2cc(-c3ncc(Cl)cn3)c(F)cc2F)C1(F)F. The van der Waals surface area contributed by atoms with E-state index < -0.39 is 34.3 Å². The smallest absolute Gasteiger partial charge is 0.302 e. The number of hydrogen-bond acceptors (Lipinski definition) is 4. The number of rotatable bonds is 2. The fraction of sp³-hybridized carbons (Fsp3) is 0.389. The summed E-state index contributed by atoms with van der Waals surface area (Å²) in [4.78, 5) is 7.74. The van der Waals surface area contributed by atoms with Gasteiger partial charge in [0.2, 0.25) is 0 Å². The van der Waals surface area contributed by atoms with Crippen molar-refractivity contribution in [2.45, 2.75) is 37.8 Å². The van der Waals surface area contributed by atoms with Gasteiger partial charge in [-0.2, -0.15) is 0 Å². The lowest BCUT2D eigenvalue weighted by Crippen LogP contribution is -2.62. The molecule has 0 radical (unpaired) electrons. The van der Waals surface area contributed by atoms with Crippen molar-refractivity contribution in [1.82, 2.24) is 15.3 Å². The van der Waals surface area contributed by atoms with Gasteiger partial charge in [0.25, 0.3) is 0 Å². The van der Waals surface area contributed by atoms with Gasteiger partial charge in [-0.25, -0.2) is 27.5 Å². The molecule has 0 bridgehead atoms. The van der Waals surface area contributed by atoms with Crippen LogP contribution < -0.4 is 5.32 Å². The van der Waals surface area contributed by atoms with Crippen molar-refractivity contribution in [3.8, 4) is 11.4 Å². The first kappa shape index (κ1) is 20.9. The molecular formula is C18H16ClF4N3OS. The number of nitrogens with one attached hydrogen (secondary N) is 1. The van der Waals surface area contributed by atoms with E-state index in [1.165, 1.54) is 26.2 Å². The van der Waals surface area contributed by atoms with Crippen LogP contribution in [0.3, 0.4) is 0 Å². The third-order valence-electron chi connectivity index (χ3n) is 4.79. The monoisotopic (exact) mass is 433 g/mol. The minimum absolute atomic E-state index is 0.0271. The van der Waals surface area contributed by atoms with Crippen LogP contribution in [0.4, 0.5) is 17.6 Å². The lowest BCUT2D eigenvalue weighted by atomic mass is 9.77. The molecule has 1 aliphatic rings. The van der Waals surface area contributed by atoms with E-state index >= 15 is 8.78 Å². The molecule has 1 aliphatic heterocycles. The van der Waals surface area contributed by atoms with Gasteiger partial charge in [0, 0.05) is 24.0 Å². The van der Waals surface area contributed by atoms with Crippen molar-refractivity contribution < 1.29 is 22.3 Å². The molecule has 1 aromatic heterocycles. The standard InChI is InChI=1S/C18H16ClF4N3OS/c1-16(2)18(22,23)17(3,26-14(28)8-27-16)11-4-10(12(20)5-13(11)21)15-24-6-9(19)7-25-15/h4-7H,8H2,1-3H3,(H,26,28)/t17-/m1/s1. The first-order valence-electron chi connectivity index (χ1n) is 8.19. The molecule has 0 amide bonds. The van der Waals surface area contributed by atoms with E-state index in [4.69, 9.17) is 28.6 Å². The molecule has 0 aliphatic carbocycles. The van der Waals surface area contributed by atoms with Gasteiger partial charge in [-0.15, -0.1) is 0 Å². The molecule has 2 heterocycles. The predicted molar refractivity (Wildman–Crippen MR) is 100 cm³/mol. The molecule has 150 valence electrons. The van der Waals surface area contributed by atoms with Gasteiger partial charge in [0.05, 0.1) is 17.2 Å². The first-order chi connectivity index (χ1) is 12.9. The molecule has 1 aromatic carbocycles. The Morgan fingerprint density at radius 1 is 1.11 bits per heavy atom. The summed E-state index contributed by atoms with van der Waals surface area (Å²) >= 11 is 10.8. The number of hydrogen-bond donors (Lipinski definition) is 1. The van der Waals surface area contributed by atoms with Gasteiger partial charge in [-0.3, -0.25) is 0 Å². The van der Waals surface area contributed by atoms with E-state index in [0.717, 1.165) is 13.0 Å². The maximum absolute atomic E-state index is 15.5. The van der Waals surface area contributed by atoms with E-state index in [2.05, 4.69) is 15.3 Å². The predicted octanol–water partition coefficient (Wildman–Crippen LogP) is 4.65. The van der Waals surface area contributed by atoms with E-state index in [9.17, 15) is 8.78 Å². The number of halogens is 5. The summed E-state index contributed by atoms with van der Waals surface area (Å²) in [5.74, 6) is -5.91. The highest BCUT2D eigenvalue weighted by atomic mass is 35.5. The molecule has 0 saturated carbocycles. The van der Waals surface area contributed by atoms with Crippen LogP contribution in [0.2, 0.25) is 5.02 Å². The zero-order chi connectivity index (χ0) is 20.9. The van der Waals surface area contributed by atoms with E-state index in [-0.39, 0.29) is 28.0 Å². The van der Waals surface area contributed by atoms with Crippen LogP contribution in [-0.2, 0) is 10.3 Å². The summed E-state index contributed by atoms with van der Waals surface area (Å²) in [6, 6.07) is 1.48. The van der Waals surface area contributed by atoms with Crippen LogP contribution in [0.25, 0.3) is 11.4 Å². The average molecular weight is 434 g/mol. The van der Waals surface area contributed by atoms with Crippen molar-refractivity contribution in [1.29, 1.82) is 0 Å². The molecule has 10 heteroatoms. The zero-order valence-electron chi connectivity index (χ0n) is 15.1. The van der Waals surface area contributed by atoms with Crippen molar-refractivity contribution >= 4 is 28.8 Å². The highest BCUT2D eigenvalue weighted by molar-refractivity contribution is 7.80. The summed E-state index contributed by atoms with van der Waals surface area (Å²) in [6.45, 7) is 3.21.